The van der Waals surface area contributed by atoms with E-state index in [2.05, 4.69) is 24.3 Å². The van der Waals surface area contributed by atoms with E-state index in [0.717, 1.165) is 42.6 Å². The van der Waals surface area contributed by atoms with Crippen molar-refractivity contribution in [2.45, 2.75) is 32.1 Å². The van der Waals surface area contributed by atoms with Crippen LogP contribution < -0.4 is 4.74 Å². The number of Topliss-reactive ketones (excluding diaryl/α,β-unsaturated/α-hetero) is 1. The molecule has 0 radical (unpaired) electrons. The summed E-state index contributed by atoms with van der Waals surface area (Å²) in [5, 5.41) is 0. The van der Waals surface area contributed by atoms with Gasteiger partial charge in [0.05, 0.1) is 6.61 Å². The second-order valence-corrected chi connectivity index (χ2v) is 5.53. The van der Waals surface area contributed by atoms with Gasteiger partial charge in [0, 0.05) is 12.0 Å². The summed E-state index contributed by atoms with van der Waals surface area (Å²) in [6.07, 6.45) is 4.67. The van der Waals surface area contributed by atoms with E-state index in [1.165, 1.54) is 5.56 Å². The maximum Gasteiger partial charge on any atom is 0.163 e. The van der Waals surface area contributed by atoms with Crippen molar-refractivity contribution in [3.05, 3.63) is 65.2 Å². The number of ketones is 1. The molecule has 0 spiro atoms. The lowest BCUT2D eigenvalue weighted by molar-refractivity contribution is 0.0972. The molecule has 0 atom stereocenters. The van der Waals surface area contributed by atoms with Crippen LogP contribution >= 0.6 is 0 Å². The van der Waals surface area contributed by atoms with Gasteiger partial charge in [-0.25, -0.2) is 0 Å². The molecule has 0 unspecified atom stereocenters. The van der Waals surface area contributed by atoms with Gasteiger partial charge in [-0.15, -0.1) is 0 Å². The van der Waals surface area contributed by atoms with Gasteiger partial charge in [-0.3, -0.25) is 4.79 Å². The molecule has 2 aromatic rings. The van der Waals surface area contributed by atoms with Gasteiger partial charge >= 0.3 is 0 Å². The summed E-state index contributed by atoms with van der Waals surface area (Å²) in [4.78, 5) is 11.8. The standard InChI is InChI=1S/C19H20O2/c20-19-10-4-9-16-14-17(11-12-18(16)19)21-13-5-8-15-6-2-1-3-7-15/h1-3,6-7,11-12,14H,4-5,8-10,13H2. The molecule has 108 valence electrons. The molecule has 21 heavy (non-hydrogen) atoms. The Morgan fingerprint density at radius 1 is 1.00 bits per heavy atom. The molecule has 0 saturated carbocycles. The van der Waals surface area contributed by atoms with Crippen LogP contribution in [0.15, 0.2) is 48.5 Å². The van der Waals surface area contributed by atoms with Crippen LogP contribution in [0.2, 0.25) is 0 Å². The van der Waals surface area contributed by atoms with Gasteiger partial charge in [0.25, 0.3) is 0 Å². The number of carbonyl (C=O) groups is 1. The summed E-state index contributed by atoms with van der Waals surface area (Å²) >= 11 is 0. The predicted molar refractivity (Wildman–Crippen MR) is 84.0 cm³/mol. The van der Waals surface area contributed by atoms with E-state index in [9.17, 15) is 4.79 Å². The van der Waals surface area contributed by atoms with Gasteiger partial charge in [-0.1, -0.05) is 30.3 Å². The van der Waals surface area contributed by atoms with Crippen molar-refractivity contribution < 1.29 is 9.53 Å². The minimum Gasteiger partial charge on any atom is -0.494 e. The minimum atomic E-state index is 0.270. The highest BCUT2D eigenvalue weighted by Gasteiger charge is 2.17. The fourth-order valence-electron chi connectivity index (χ4n) is 2.82. The first-order valence-corrected chi connectivity index (χ1v) is 7.66. The fourth-order valence-corrected chi connectivity index (χ4v) is 2.82. The van der Waals surface area contributed by atoms with E-state index in [0.29, 0.717) is 13.0 Å². The Labute approximate surface area is 125 Å². The van der Waals surface area contributed by atoms with Crippen LogP contribution in [0.5, 0.6) is 5.75 Å². The largest absolute Gasteiger partial charge is 0.494 e. The first-order chi connectivity index (χ1) is 10.3. The Morgan fingerprint density at radius 2 is 1.86 bits per heavy atom. The molecule has 0 bridgehead atoms. The van der Waals surface area contributed by atoms with E-state index in [1.807, 2.05) is 24.3 Å². The normalized spacial score (nSPS) is 13.8. The van der Waals surface area contributed by atoms with Crippen molar-refractivity contribution in [2.24, 2.45) is 0 Å². The number of aryl methyl sites for hydroxylation is 2. The van der Waals surface area contributed by atoms with Crippen LogP contribution in [0.1, 0.15) is 40.7 Å². The Morgan fingerprint density at radius 3 is 2.71 bits per heavy atom. The number of hydrogen-bond acceptors (Lipinski definition) is 2. The molecule has 3 rings (SSSR count). The van der Waals surface area contributed by atoms with Crippen molar-refractivity contribution >= 4 is 5.78 Å². The molecular weight excluding hydrogens is 260 g/mol. The topological polar surface area (TPSA) is 26.3 Å². The van der Waals surface area contributed by atoms with Gasteiger partial charge in [0.1, 0.15) is 5.75 Å². The number of ether oxygens (including phenoxy) is 1. The third-order valence-electron chi connectivity index (χ3n) is 3.95. The highest BCUT2D eigenvalue weighted by Crippen LogP contribution is 2.25. The summed E-state index contributed by atoms with van der Waals surface area (Å²) in [7, 11) is 0. The Hall–Kier alpha value is -2.09. The fraction of sp³-hybridized carbons (Fsp3) is 0.316. The Bertz CT molecular complexity index is 617. The second-order valence-electron chi connectivity index (χ2n) is 5.53. The zero-order chi connectivity index (χ0) is 14.5. The van der Waals surface area contributed by atoms with Crippen LogP contribution in [-0.2, 0) is 12.8 Å². The summed E-state index contributed by atoms with van der Waals surface area (Å²) in [5.74, 6) is 1.16. The van der Waals surface area contributed by atoms with Gasteiger partial charge < -0.3 is 4.74 Å². The maximum absolute atomic E-state index is 11.8. The predicted octanol–water partition coefficient (Wildman–Crippen LogP) is 4.22. The van der Waals surface area contributed by atoms with Crippen LogP contribution in [0.4, 0.5) is 0 Å². The molecule has 0 aromatic heterocycles. The first kappa shape index (κ1) is 13.9. The summed E-state index contributed by atoms with van der Waals surface area (Å²) < 4.78 is 5.82. The lowest BCUT2D eigenvalue weighted by Gasteiger charge is -2.16. The Kier molecular flexibility index (Phi) is 4.34. The first-order valence-electron chi connectivity index (χ1n) is 7.66. The lowest BCUT2D eigenvalue weighted by atomic mass is 9.90. The lowest BCUT2D eigenvalue weighted by Crippen LogP contribution is -2.11. The number of hydrogen-bond donors (Lipinski definition) is 0. The number of carbonyl (C=O) groups excluding carboxylic acids is 1. The SMILES string of the molecule is O=C1CCCc2cc(OCCCc3ccccc3)ccc21. The quantitative estimate of drug-likeness (QED) is 0.767. The molecule has 0 N–H and O–H groups in total. The Balaban J connectivity index is 1.53. The molecule has 0 amide bonds. The van der Waals surface area contributed by atoms with Gasteiger partial charge in [0.2, 0.25) is 0 Å². The van der Waals surface area contributed by atoms with Crippen LogP contribution in [0, 0.1) is 0 Å². The van der Waals surface area contributed by atoms with E-state index >= 15 is 0 Å². The molecule has 1 aliphatic rings. The third kappa shape index (κ3) is 3.52. The summed E-state index contributed by atoms with van der Waals surface area (Å²) in [5.41, 5.74) is 3.38. The molecule has 0 saturated heterocycles. The zero-order valence-corrected chi connectivity index (χ0v) is 12.2. The molecule has 0 fully saturated rings. The molecular formula is C19H20O2. The number of fused-ring (bicyclic) bond motifs is 1. The van der Waals surface area contributed by atoms with Crippen LogP contribution in [-0.4, -0.2) is 12.4 Å². The number of benzene rings is 2. The van der Waals surface area contributed by atoms with Crippen LogP contribution in [0.25, 0.3) is 0 Å². The monoisotopic (exact) mass is 280 g/mol. The zero-order valence-electron chi connectivity index (χ0n) is 12.2. The second kappa shape index (κ2) is 6.57. The molecule has 1 aliphatic carbocycles. The average molecular weight is 280 g/mol. The van der Waals surface area contributed by atoms with E-state index in [-0.39, 0.29) is 5.78 Å². The van der Waals surface area contributed by atoms with Crippen molar-refractivity contribution in [1.29, 1.82) is 0 Å². The summed E-state index contributed by atoms with van der Waals surface area (Å²) in [6, 6.07) is 16.3. The van der Waals surface area contributed by atoms with E-state index in [4.69, 9.17) is 4.74 Å². The highest BCUT2D eigenvalue weighted by molar-refractivity contribution is 5.98. The van der Waals surface area contributed by atoms with Crippen molar-refractivity contribution in [3.8, 4) is 5.75 Å². The minimum absolute atomic E-state index is 0.270. The van der Waals surface area contributed by atoms with E-state index < -0.39 is 0 Å². The smallest absolute Gasteiger partial charge is 0.163 e. The highest BCUT2D eigenvalue weighted by atomic mass is 16.5. The maximum atomic E-state index is 11.8. The molecule has 0 aliphatic heterocycles. The molecule has 2 nitrogen and oxygen atoms in total. The van der Waals surface area contributed by atoms with Gasteiger partial charge in [-0.2, -0.15) is 0 Å². The van der Waals surface area contributed by atoms with Crippen molar-refractivity contribution in [2.75, 3.05) is 6.61 Å². The van der Waals surface area contributed by atoms with Crippen molar-refractivity contribution in [3.63, 3.8) is 0 Å². The molecule has 0 heterocycles. The van der Waals surface area contributed by atoms with Gasteiger partial charge in [-0.05, 0) is 55.0 Å². The van der Waals surface area contributed by atoms with Gasteiger partial charge in [0.15, 0.2) is 5.78 Å². The summed E-state index contributed by atoms with van der Waals surface area (Å²) in [6.45, 7) is 0.710. The van der Waals surface area contributed by atoms with Crippen molar-refractivity contribution in [1.82, 2.24) is 0 Å². The number of rotatable bonds is 5. The van der Waals surface area contributed by atoms with Crippen LogP contribution in [0.3, 0.4) is 0 Å². The average Bonchev–Trinajstić information content (AvgIpc) is 2.53. The molecule has 2 heteroatoms. The van der Waals surface area contributed by atoms with E-state index in [1.54, 1.807) is 0 Å². The third-order valence-corrected chi connectivity index (χ3v) is 3.95. The molecule has 2 aromatic carbocycles.